The third kappa shape index (κ3) is 2.62. The third-order valence-electron chi connectivity index (χ3n) is 2.05. The summed E-state index contributed by atoms with van der Waals surface area (Å²) in [6, 6.07) is 3.57. The van der Waals surface area contributed by atoms with Gasteiger partial charge in [-0.05, 0) is 11.5 Å². The lowest BCUT2D eigenvalue weighted by Crippen LogP contribution is -1.95. The number of hydrogen-bond donors (Lipinski definition) is 1. The molecule has 1 heterocycles. The number of anilines is 1. The molecule has 0 saturated heterocycles. The minimum absolute atomic E-state index is 0.617. The Morgan fingerprint density at radius 2 is 1.94 bits per heavy atom. The average molecular weight is 269 g/mol. The molecule has 1 aromatic heterocycles. The molecule has 0 saturated carbocycles. The highest BCUT2D eigenvalue weighted by Gasteiger charge is 2.11. The molecule has 0 amide bonds. The second kappa shape index (κ2) is 5.24. The van der Waals surface area contributed by atoms with E-state index in [1.165, 1.54) is 29.6 Å². The van der Waals surface area contributed by atoms with E-state index >= 15 is 0 Å². The van der Waals surface area contributed by atoms with Crippen LogP contribution in [0.3, 0.4) is 0 Å². The van der Waals surface area contributed by atoms with Gasteiger partial charge in [-0.15, -0.1) is 0 Å². The SMILES string of the molecule is COc1cc(N)c(Sc2ncns2)cc1OC. The summed E-state index contributed by atoms with van der Waals surface area (Å²) in [5, 5.41) is 0. The number of aromatic nitrogens is 2. The quantitative estimate of drug-likeness (QED) is 0.859. The van der Waals surface area contributed by atoms with Crippen molar-refractivity contribution in [2.24, 2.45) is 0 Å². The molecule has 0 aliphatic heterocycles. The molecule has 0 unspecified atom stereocenters. The second-order valence-electron chi connectivity index (χ2n) is 3.05. The van der Waals surface area contributed by atoms with Crippen LogP contribution in [-0.4, -0.2) is 23.6 Å². The van der Waals surface area contributed by atoms with Crippen molar-refractivity contribution in [2.75, 3.05) is 20.0 Å². The van der Waals surface area contributed by atoms with Crippen LogP contribution in [0.5, 0.6) is 11.5 Å². The van der Waals surface area contributed by atoms with Gasteiger partial charge in [0.15, 0.2) is 15.8 Å². The van der Waals surface area contributed by atoms with Crippen LogP contribution in [0.2, 0.25) is 0 Å². The summed E-state index contributed by atoms with van der Waals surface area (Å²) < 4.78 is 15.2. The number of benzene rings is 1. The van der Waals surface area contributed by atoms with E-state index in [4.69, 9.17) is 15.2 Å². The van der Waals surface area contributed by atoms with Crippen molar-refractivity contribution >= 4 is 29.0 Å². The predicted molar refractivity (Wildman–Crippen MR) is 68.0 cm³/mol. The molecule has 0 atom stereocenters. The molecule has 0 bridgehead atoms. The summed E-state index contributed by atoms with van der Waals surface area (Å²) >= 11 is 2.78. The lowest BCUT2D eigenvalue weighted by molar-refractivity contribution is 0.354. The van der Waals surface area contributed by atoms with Crippen LogP contribution >= 0.6 is 23.3 Å². The zero-order valence-electron chi connectivity index (χ0n) is 9.34. The summed E-state index contributed by atoms with van der Waals surface area (Å²) in [6.07, 6.45) is 1.52. The Morgan fingerprint density at radius 3 is 2.53 bits per heavy atom. The minimum atomic E-state index is 0.617. The van der Waals surface area contributed by atoms with Crippen molar-refractivity contribution in [3.63, 3.8) is 0 Å². The van der Waals surface area contributed by atoms with Gasteiger partial charge in [-0.1, -0.05) is 11.8 Å². The van der Waals surface area contributed by atoms with E-state index in [1.807, 2.05) is 6.07 Å². The van der Waals surface area contributed by atoms with E-state index in [2.05, 4.69) is 9.36 Å². The van der Waals surface area contributed by atoms with E-state index in [9.17, 15) is 0 Å². The van der Waals surface area contributed by atoms with Gasteiger partial charge in [0.05, 0.1) is 14.2 Å². The van der Waals surface area contributed by atoms with Crippen LogP contribution in [0, 0.1) is 0 Å². The van der Waals surface area contributed by atoms with Gasteiger partial charge in [-0.2, -0.15) is 4.37 Å². The highest BCUT2D eigenvalue weighted by Crippen LogP contribution is 2.39. The summed E-state index contributed by atoms with van der Waals surface area (Å²) in [5.41, 5.74) is 6.56. The molecular formula is C10H11N3O2S2. The maximum absolute atomic E-state index is 5.94. The van der Waals surface area contributed by atoms with Crippen molar-refractivity contribution in [1.29, 1.82) is 0 Å². The van der Waals surface area contributed by atoms with Crippen molar-refractivity contribution in [2.45, 2.75) is 9.24 Å². The molecule has 1 aromatic carbocycles. The lowest BCUT2D eigenvalue weighted by Gasteiger charge is -2.11. The van der Waals surface area contributed by atoms with Crippen LogP contribution in [0.4, 0.5) is 5.69 Å². The lowest BCUT2D eigenvalue weighted by atomic mass is 10.3. The number of methoxy groups -OCH3 is 2. The Bertz CT molecular complexity index is 503. The first-order valence-corrected chi connectivity index (χ1v) is 6.29. The molecule has 0 fully saturated rings. The normalized spacial score (nSPS) is 10.2. The first kappa shape index (κ1) is 12.0. The van der Waals surface area contributed by atoms with Crippen molar-refractivity contribution < 1.29 is 9.47 Å². The summed E-state index contributed by atoms with van der Waals surface area (Å²) in [6.45, 7) is 0. The highest BCUT2D eigenvalue weighted by atomic mass is 32.2. The molecular weight excluding hydrogens is 258 g/mol. The van der Waals surface area contributed by atoms with Gasteiger partial charge in [-0.25, -0.2) is 4.98 Å². The Kier molecular flexibility index (Phi) is 3.70. The second-order valence-corrected chi connectivity index (χ2v) is 5.12. The fourth-order valence-electron chi connectivity index (χ4n) is 1.27. The topological polar surface area (TPSA) is 70.3 Å². The van der Waals surface area contributed by atoms with Crippen LogP contribution in [-0.2, 0) is 0 Å². The molecule has 0 spiro atoms. The number of hydrogen-bond acceptors (Lipinski definition) is 7. The molecule has 7 heteroatoms. The fraction of sp³-hybridized carbons (Fsp3) is 0.200. The zero-order chi connectivity index (χ0) is 12.3. The van der Waals surface area contributed by atoms with Crippen molar-refractivity contribution in [3.05, 3.63) is 18.5 Å². The molecule has 0 aliphatic rings. The fourth-order valence-corrected chi connectivity index (χ4v) is 2.72. The van der Waals surface area contributed by atoms with E-state index in [-0.39, 0.29) is 0 Å². The summed E-state index contributed by atoms with van der Waals surface area (Å²) in [4.78, 5) is 4.97. The van der Waals surface area contributed by atoms with Crippen LogP contribution in [0.1, 0.15) is 0 Å². The summed E-state index contributed by atoms with van der Waals surface area (Å²) in [5.74, 6) is 1.26. The Balaban J connectivity index is 2.34. The van der Waals surface area contributed by atoms with E-state index < -0.39 is 0 Å². The van der Waals surface area contributed by atoms with Gasteiger partial charge in [0, 0.05) is 22.7 Å². The molecule has 2 aromatic rings. The number of nitrogens with zero attached hydrogens (tertiary/aromatic N) is 2. The van der Waals surface area contributed by atoms with Gasteiger partial charge in [0.2, 0.25) is 0 Å². The highest BCUT2D eigenvalue weighted by molar-refractivity contribution is 8.01. The monoisotopic (exact) mass is 269 g/mol. The van der Waals surface area contributed by atoms with Gasteiger partial charge in [-0.3, -0.25) is 0 Å². The predicted octanol–water partition coefficient (Wildman–Crippen LogP) is 2.29. The largest absolute Gasteiger partial charge is 0.493 e. The Labute approximate surface area is 107 Å². The van der Waals surface area contributed by atoms with Crippen molar-refractivity contribution in [1.82, 2.24) is 9.36 Å². The maximum Gasteiger partial charge on any atom is 0.174 e. The van der Waals surface area contributed by atoms with Crippen molar-refractivity contribution in [3.8, 4) is 11.5 Å². The maximum atomic E-state index is 5.94. The third-order valence-corrected chi connectivity index (χ3v) is 3.84. The molecule has 0 aliphatic carbocycles. The Hall–Kier alpha value is -1.47. The number of nitrogens with two attached hydrogens (primary N) is 1. The Morgan fingerprint density at radius 1 is 1.24 bits per heavy atom. The smallest absolute Gasteiger partial charge is 0.174 e. The molecule has 5 nitrogen and oxygen atoms in total. The van der Waals surface area contributed by atoms with E-state index in [0.717, 1.165) is 9.24 Å². The van der Waals surface area contributed by atoms with Gasteiger partial charge < -0.3 is 15.2 Å². The minimum Gasteiger partial charge on any atom is -0.493 e. The number of ether oxygens (including phenoxy) is 2. The first-order chi connectivity index (χ1) is 8.24. The molecule has 17 heavy (non-hydrogen) atoms. The first-order valence-electron chi connectivity index (χ1n) is 4.70. The van der Waals surface area contributed by atoms with E-state index in [0.29, 0.717) is 17.2 Å². The van der Waals surface area contributed by atoms with E-state index in [1.54, 1.807) is 20.3 Å². The van der Waals surface area contributed by atoms with Gasteiger partial charge >= 0.3 is 0 Å². The van der Waals surface area contributed by atoms with Gasteiger partial charge in [0.25, 0.3) is 0 Å². The standard InChI is InChI=1S/C10H11N3O2S2/c1-14-7-3-6(11)9(4-8(7)15-2)16-10-12-5-13-17-10/h3-5H,11H2,1-2H3. The van der Waals surface area contributed by atoms with Crippen LogP contribution in [0.15, 0.2) is 27.7 Å². The zero-order valence-corrected chi connectivity index (χ0v) is 11.0. The molecule has 2 rings (SSSR count). The molecule has 0 radical (unpaired) electrons. The molecule has 90 valence electrons. The van der Waals surface area contributed by atoms with Crippen LogP contribution in [0.25, 0.3) is 0 Å². The molecule has 2 N–H and O–H groups in total. The average Bonchev–Trinajstić information content (AvgIpc) is 2.84. The number of rotatable bonds is 4. The number of nitrogen functional groups attached to an aromatic ring is 1. The van der Waals surface area contributed by atoms with Crippen LogP contribution < -0.4 is 15.2 Å². The van der Waals surface area contributed by atoms with Gasteiger partial charge in [0.1, 0.15) is 6.33 Å². The summed E-state index contributed by atoms with van der Waals surface area (Å²) in [7, 11) is 3.17.